The fourth-order valence-corrected chi connectivity index (χ4v) is 6.92. The second-order valence-electron chi connectivity index (χ2n) is 14.6. The lowest BCUT2D eigenvalue weighted by atomic mass is 9.93. The van der Waals surface area contributed by atoms with E-state index < -0.39 is 16.0 Å². The zero-order chi connectivity index (χ0) is 35.8. The van der Waals surface area contributed by atoms with Crippen LogP contribution in [0.4, 0.5) is 5.95 Å². The van der Waals surface area contributed by atoms with E-state index in [0.29, 0.717) is 12.2 Å². The molecule has 0 radical (unpaired) electrons. The number of benzene rings is 2. The third kappa shape index (κ3) is 8.11. The Bertz CT molecular complexity index is 2150. The van der Waals surface area contributed by atoms with Crippen LogP contribution in [0.25, 0.3) is 22.4 Å². The third-order valence-corrected chi connectivity index (χ3v) is 10.4. The molecule has 3 aromatic heterocycles. The summed E-state index contributed by atoms with van der Waals surface area (Å²) in [6, 6.07) is 14.7. The van der Waals surface area contributed by atoms with Crippen LogP contribution in [-0.4, -0.2) is 57.1 Å². The SMILES string of the molecule is Cc1cccc(C)c1-c1cc(OCC(CC2(C)CC2)NCc2cnc3cc(C(C)(C)C)[nH]c3n2)nc(NS(=O)(=O)c2cccc(C(=O)O)c2)n1. The summed E-state index contributed by atoms with van der Waals surface area (Å²) in [5, 5.41) is 13.0. The number of sulfonamides is 1. The predicted octanol–water partition coefficient (Wildman–Crippen LogP) is 6.56. The van der Waals surface area contributed by atoms with E-state index in [9.17, 15) is 18.3 Å². The molecule has 0 aliphatic heterocycles. The van der Waals surface area contributed by atoms with Crippen molar-refractivity contribution >= 4 is 33.1 Å². The summed E-state index contributed by atoms with van der Waals surface area (Å²) < 4.78 is 35.6. The monoisotopic (exact) mass is 697 g/mol. The lowest BCUT2D eigenvalue weighted by Crippen LogP contribution is -2.36. The standard InChI is InChI=1S/C37H43N7O5S/c1-22-9-7-10-23(2)32(22)28-17-31(43-35(41-28)44-50(47,48)27-12-8-11-24(15-27)34(45)46)49-21-25(18-37(6)13-14-37)38-19-26-20-39-29-16-30(36(3,4)5)42-33(29)40-26/h7-12,15-17,20,25,38H,13-14,18-19,21H2,1-6H3,(H,40,42)(H,45,46)(H,41,43,44). The Morgan fingerprint density at radius 2 is 1.76 bits per heavy atom. The number of hydrogen-bond donors (Lipinski definition) is 4. The normalized spacial score (nSPS) is 14.8. The number of aromatic carboxylic acids is 1. The van der Waals surface area contributed by atoms with E-state index in [1.165, 1.54) is 18.2 Å². The van der Waals surface area contributed by atoms with E-state index in [1.807, 2.05) is 38.1 Å². The Labute approximate surface area is 292 Å². The molecular formula is C37H43N7O5S. The zero-order valence-electron chi connectivity index (χ0n) is 29.2. The first-order chi connectivity index (χ1) is 23.6. The number of carboxylic acids is 1. The van der Waals surface area contributed by atoms with E-state index in [4.69, 9.17) is 9.72 Å². The smallest absolute Gasteiger partial charge is 0.335 e. The van der Waals surface area contributed by atoms with Gasteiger partial charge in [-0.1, -0.05) is 52.0 Å². The second kappa shape index (κ2) is 13.4. The number of rotatable bonds is 13. The molecule has 1 unspecified atom stereocenters. The maximum Gasteiger partial charge on any atom is 0.335 e. The summed E-state index contributed by atoms with van der Waals surface area (Å²) in [7, 11) is -4.24. The van der Waals surface area contributed by atoms with Gasteiger partial charge < -0.3 is 20.1 Å². The van der Waals surface area contributed by atoms with Gasteiger partial charge in [-0.15, -0.1) is 0 Å². The van der Waals surface area contributed by atoms with Crippen LogP contribution in [0.1, 0.15) is 79.8 Å². The Balaban J connectivity index is 1.26. The van der Waals surface area contributed by atoms with Gasteiger partial charge in [0.2, 0.25) is 11.8 Å². The molecule has 0 amide bonds. The highest BCUT2D eigenvalue weighted by molar-refractivity contribution is 7.92. The van der Waals surface area contributed by atoms with Gasteiger partial charge in [0.25, 0.3) is 10.0 Å². The van der Waals surface area contributed by atoms with E-state index in [-0.39, 0.29) is 45.8 Å². The molecule has 1 aliphatic rings. The number of aromatic amines is 1. The van der Waals surface area contributed by atoms with Gasteiger partial charge >= 0.3 is 5.97 Å². The summed E-state index contributed by atoms with van der Waals surface area (Å²) in [6.07, 6.45) is 4.92. The molecular weight excluding hydrogens is 655 g/mol. The number of ether oxygens (including phenoxy) is 1. The molecule has 0 bridgehead atoms. The summed E-state index contributed by atoms with van der Waals surface area (Å²) in [4.78, 5) is 33.2. The molecule has 4 N–H and O–H groups in total. The number of carboxylic acid groups (broad SMARTS) is 1. The van der Waals surface area contributed by atoms with Crippen LogP contribution in [0.15, 0.2) is 65.7 Å². The van der Waals surface area contributed by atoms with Crippen molar-refractivity contribution in [3.63, 3.8) is 0 Å². The molecule has 0 saturated heterocycles. The van der Waals surface area contributed by atoms with Crippen molar-refractivity contribution in [3.8, 4) is 17.1 Å². The van der Waals surface area contributed by atoms with Crippen LogP contribution in [0, 0.1) is 19.3 Å². The lowest BCUT2D eigenvalue weighted by Gasteiger charge is -2.22. The van der Waals surface area contributed by atoms with E-state index >= 15 is 0 Å². The number of H-pyrrole nitrogens is 1. The molecule has 1 fully saturated rings. The van der Waals surface area contributed by atoms with Crippen LogP contribution < -0.4 is 14.8 Å². The highest BCUT2D eigenvalue weighted by atomic mass is 32.2. The second-order valence-corrected chi connectivity index (χ2v) is 16.2. The molecule has 50 heavy (non-hydrogen) atoms. The highest BCUT2D eigenvalue weighted by Gasteiger charge is 2.39. The average Bonchev–Trinajstić information content (AvgIpc) is 3.60. The van der Waals surface area contributed by atoms with E-state index in [1.54, 1.807) is 12.3 Å². The van der Waals surface area contributed by atoms with Gasteiger partial charge in [-0.2, -0.15) is 4.98 Å². The Morgan fingerprint density at radius 1 is 1.04 bits per heavy atom. The van der Waals surface area contributed by atoms with Gasteiger partial charge in [0.05, 0.1) is 28.0 Å². The van der Waals surface area contributed by atoms with Crippen LogP contribution in [0.5, 0.6) is 5.88 Å². The third-order valence-electron chi connectivity index (χ3n) is 9.10. The molecule has 1 aliphatic carbocycles. The van der Waals surface area contributed by atoms with Gasteiger partial charge in [-0.05, 0) is 73.9 Å². The van der Waals surface area contributed by atoms with Gasteiger partial charge in [-0.25, -0.2) is 27.9 Å². The van der Waals surface area contributed by atoms with Gasteiger partial charge in [0, 0.05) is 35.3 Å². The topological polar surface area (TPSA) is 172 Å². The van der Waals surface area contributed by atoms with Crippen LogP contribution in [0.3, 0.4) is 0 Å². The van der Waals surface area contributed by atoms with E-state index in [0.717, 1.165) is 64.6 Å². The maximum absolute atomic E-state index is 13.4. The number of fused-ring (bicyclic) bond motifs is 1. The number of anilines is 1. The highest BCUT2D eigenvalue weighted by Crippen LogP contribution is 2.49. The molecule has 5 aromatic rings. The summed E-state index contributed by atoms with van der Waals surface area (Å²) in [5.74, 6) is -1.23. The molecule has 2 aromatic carbocycles. The molecule has 262 valence electrons. The number of aromatic nitrogens is 5. The van der Waals surface area contributed by atoms with Crippen LogP contribution in [0.2, 0.25) is 0 Å². The van der Waals surface area contributed by atoms with Crippen molar-refractivity contribution in [1.82, 2.24) is 30.2 Å². The molecule has 0 spiro atoms. The predicted molar refractivity (Wildman–Crippen MR) is 192 cm³/mol. The van der Waals surface area contributed by atoms with Gasteiger partial charge in [0.15, 0.2) is 5.65 Å². The first-order valence-corrected chi connectivity index (χ1v) is 18.1. The Morgan fingerprint density at radius 3 is 2.44 bits per heavy atom. The fraction of sp³-hybridized carbons (Fsp3) is 0.378. The quantitative estimate of drug-likeness (QED) is 0.106. The minimum atomic E-state index is -4.24. The van der Waals surface area contributed by atoms with Gasteiger partial charge in [-0.3, -0.25) is 4.98 Å². The van der Waals surface area contributed by atoms with Crippen molar-refractivity contribution in [2.45, 2.75) is 83.7 Å². The van der Waals surface area contributed by atoms with Gasteiger partial charge in [0.1, 0.15) is 12.1 Å². The maximum atomic E-state index is 13.4. The molecule has 12 nitrogen and oxygen atoms in total. The fourth-order valence-electron chi connectivity index (χ4n) is 5.93. The van der Waals surface area contributed by atoms with Crippen LogP contribution in [-0.2, 0) is 22.0 Å². The minimum absolute atomic E-state index is 0.0489. The Kier molecular flexibility index (Phi) is 9.40. The van der Waals surface area contributed by atoms with Crippen molar-refractivity contribution in [1.29, 1.82) is 0 Å². The Hall–Kier alpha value is -4.88. The summed E-state index contributed by atoms with van der Waals surface area (Å²) in [5.41, 5.74) is 6.69. The van der Waals surface area contributed by atoms with Crippen molar-refractivity contribution in [2.75, 3.05) is 11.3 Å². The molecule has 13 heteroatoms. The number of nitrogens with zero attached hydrogens (tertiary/aromatic N) is 4. The molecule has 1 saturated carbocycles. The summed E-state index contributed by atoms with van der Waals surface area (Å²) >= 11 is 0. The number of nitrogens with one attached hydrogen (secondary N) is 3. The first-order valence-electron chi connectivity index (χ1n) is 16.6. The molecule has 6 rings (SSSR count). The van der Waals surface area contributed by atoms with Crippen molar-refractivity contribution < 1.29 is 23.1 Å². The van der Waals surface area contributed by atoms with Crippen molar-refractivity contribution in [3.05, 3.63) is 88.9 Å². The number of hydrogen-bond acceptors (Lipinski definition) is 9. The molecule has 1 atom stereocenters. The number of carbonyl (C=O) groups is 1. The van der Waals surface area contributed by atoms with Crippen molar-refractivity contribution in [2.24, 2.45) is 5.41 Å². The van der Waals surface area contributed by atoms with E-state index in [2.05, 4.69) is 57.7 Å². The first kappa shape index (κ1) is 35.0. The summed E-state index contributed by atoms with van der Waals surface area (Å²) in [6.45, 7) is 13.3. The minimum Gasteiger partial charge on any atom is -0.478 e. The average molecular weight is 698 g/mol. The largest absolute Gasteiger partial charge is 0.478 e. The lowest BCUT2D eigenvalue weighted by molar-refractivity contribution is 0.0696. The number of aryl methyl sites for hydroxylation is 2. The van der Waals surface area contributed by atoms with Crippen LogP contribution >= 0.6 is 0 Å². The molecule has 3 heterocycles. The zero-order valence-corrected chi connectivity index (χ0v) is 30.0.